The lowest BCUT2D eigenvalue weighted by Crippen LogP contribution is -2.60. The number of nitrogens with one attached hydrogen (secondary N) is 6. The van der Waals surface area contributed by atoms with E-state index in [-0.39, 0.29) is 82.1 Å². The van der Waals surface area contributed by atoms with E-state index in [4.69, 9.17) is 32.4 Å². The van der Waals surface area contributed by atoms with E-state index in [1.54, 1.807) is 0 Å². The topological polar surface area (TPSA) is 389 Å². The third kappa shape index (κ3) is 59.9. The summed E-state index contributed by atoms with van der Waals surface area (Å²) in [6.45, 7) is 6.81. The number of nitrogens with two attached hydrogens (primary N) is 4. The Morgan fingerprint density at radius 2 is 0.590 bits per heavy atom. The van der Waals surface area contributed by atoms with Crippen LogP contribution in [0.4, 0.5) is 0 Å². The van der Waals surface area contributed by atoms with Gasteiger partial charge in [0.15, 0.2) is 0 Å². The zero-order chi connectivity index (χ0) is 77.4. The quantitative estimate of drug-likeness (QED) is 0.0199. The fourth-order valence-corrected chi connectivity index (χ4v) is 13.9. The number of aliphatic hydroxyl groups is 1. The lowest BCUT2D eigenvalue weighted by molar-refractivity contribution is -0.157. The molecule has 0 aliphatic rings. The molecule has 0 aromatic heterocycles. The number of hydrogen-bond acceptors (Lipinski definition) is 17. The minimum Gasteiger partial charge on any atom is -0.480 e. The van der Waals surface area contributed by atoms with Gasteiger partial charge in [-0.05, 0) is 122 Å². The Bertz CT molecular complexity index is 2170. The number of ether oxygens (including phenoxy) is 2. The molecule has 0 saturated heterocycles. The second-order valence-electron chi connectivity index (χ2n) is 29.4. The summed E-state index contributed by atoms with van der Waals surface area (Å²) < 4.78 is 11.8. The highest BCUT2D eigenvalue weighted by atomic mass is 32.2. The van der Waals surface area contributed by atoms with Crippen molar-refractivity contribution in [2.24, 2.45) is 22.9 Å². The van der Waals surface area contributed by atoms with Crippen LogP contribution in [-0.4, -0.2) is 157 Å². The number of aliphatic hydroxyl groups excluding tert-OH is 1. The predicted molar refractivity (Wildman–Crippen MR) is 427 cm³/mol. The number of unbranched alkanes of at least 4 members (excludes halogenated alkanes) is 40. The molecule has 0 saturated carbocycles. The number of rotatable bonds is 78. The Hall–Kier alpha value is -4.62. The van der Waals surface area contributed by atoms with Crippen molar-refractivity contribution in [3.05, 3.63) is 0 Å². The van der Waals surface area contributed by atoms with Crippen molar-refractivity contribution in [1.82, 2.24) is 31.9 Å². The molecule has 7 atom stereocenters. The van der Waals surface area contributed by atoms with Crippen LogP contribution in [0.3, 0.4) is 0 Å². The SMILES string of the molecule is CCCCCCCCCCCCCCCC(=O)N[C@H](CSC[C@@H](COC(=O)CCCCCCCCCCCCCCC)OC(=O)CCCCCCCCCCCCCCC)C(=O)N[C@@H](CO)C(=O)N[C@@H](CCCCN)C(=O)N[C@@H](CCCCN)C(=O)N[C@@H](CCCCN)C(=O)N[C@@H](CCCCN)C(=O)O. The monoisotopic (exact) mass is 1510 g/mol. The van der Waals surface area contributed by atoms with E-state index in [0.717, 1.165) is 64.2 Å². The molecule has 16 N–H and O–H groups in total. The van der Waals surface area contributed by atoms with E-state index in [2.05, 4.69) is 52.7 Å². The summed E-state index contributed by atoms with van der Waals surface area (Å²) in [6.07, 6.45) is 48.7. The summed E-state index contributed by atoms with van der Waals surface area (Å²) in [7, 11) is 0. The smallest absolute Gasteiger partial charge is 0.326 e. The van der Waals surface area contributed by atoms with Crippen molar-refractivity contribution in [2.75, 3.05) is 50.9 Å². The van der Waals surface area contributed by atoms with Crippen molar-refractivity contribution >= 4 is 65.1 Å². The zero-order valence-electron chi connectivity index (χ0n) is 66.5. The van der Waals surface area contributed by atoms with Gasteiger partial charge < -0.3 is 74.5 Å². The van der Waals surface area contributed by atoms with Crippen LogP contribution >= 0.6 is 11.8 Å². The first-order valence-electron chi connectivity index (χ1n) is 42.4. The molecule has 6 amide bonds. The minimum absolute atomic E-state index is 0.0390. The van der Waals surface area contributed by atoms with E-state index >= 15 is 0 Å². The fraction of sp³-hybridized carbons (Fsp3) is 0.889. The first kappa shape index (κ1) is 100. The van der Waals surface area contributed by atoms with Gasteiger partial charge >= 0.3 is 17.9 Å². The van der Waals surface area contributed by atoms with Gasteiger partial charge in [0.1, 0.15) is 49.0 Å². The molecular formula is C81H156N10O13S. The van der Waals surface area contributed by atoms with Crippen molar-refractivity contribution in [3.8, 4) is 0 Å². The molecule has 0 unspecified atom stereocenters. The summed E-state index contributed by atoms with van der Waals surface area (Å²) >= 11 is 1.20. The number of carbonyl (C=O) groups is 9. The number of esters is 2. The van der Waals surface area contributed by atoms with Crippen LogP contribution in [0.15, 0.2) is 0 Å². The molecule has 0 radical (unpaired) electrons. The van der Waals surface area contributed by atoms with Crippen molar-refractivity contribution in [1.29, 1.82) is 0 Å². The van der Waals surface area contributed by atoms with Gasteiger partial charge in [0.25, 0.3) is 0 Å². The Morgan fingerprint density at radius 1 is 0.314 bits per heavy atom. The van der Waals surface area contributed by atoms with Crippen LogP contribution in [-0.2, 0) is 52.6 Å². The van der Waals surface area contributed by atoms with Crippen LogP contribution in [0.1, 0.15) is 367 Å². The molecule has 0 aliphatic heterocycles. The number of aliphatic carboxylic acids is 1. The molecule has 24 heteroatoms. The molecule has 614 valence electrons. The highest BCUT2D eigenvalue weighted by Crippen LogP contribution is 2.20. The fourth-order valence-electron chi connectivity index (χ4n) is 12.9. The maximum absolute atomic E-state index is 14.5. The lowest BCUT2D eigenvalue weighted by Gasteiger charge is -2.27. The summed E-state index contributed by atoms with van der Waals surface area (Å²) in [4.78, 5) is 124. The zero-order valence-corrected chi connectivity index (χ0v) is 67.3. The standard InChI is InChI=1S/C81H156N10O13S/c1-4-7-10-13-16-19-22-25-28-31-34-37-40-55-73(93)86-72(65-105-64-66(104-75(95)57-42-39-36-33-30-27-24-21-18-15-12-9-6-3)63-103-74(94)56-41-38-35-32-29-26-23-20-17-14-11-8-5-2)80(100)91-71(62-92)79(99)89-68(52-44-48-59-83)77(97)87-67(51-43-47-58-82)76(96)88-69(53-45-49-60-84)78(98)90-70(81(101)102)54-46-50-61-85/h66-72,92H,4-65,82-85H2,1-3H3,(H,86,93)(H,87,97)(H,88,96)(H,89,99)(H,90,98)(H,91,100)(H,101,102)/t66-,67+,68+,69+,70+,71+,72-/m1/s1. The van der Waals surface area contributed by atoms with Gasteiger partial charge in [-0.2, -0.15) is 11.8 Å². The number of carboxylic acid groups (broad SMARTS) is 1. The van der Waals surface area contributed by atoms with Crippen LogP contribution in [0.25, 0.3) is 0 Å². The normalized spacial score (nSPS) is 13.4. The molecular weight excluding hydrogens is 1350 g/mol. The summed E-state index contributed by atoms with van der Waals surface area (Å²) in [5.74, 6) is -6.35. The molecule has 105 heavy (non-hydrogen) atoms. The van der Waals surface area contributed by atoms with E-state index < -0.39 is 96.3 Å². The van der Waals surface area contributed by atoms with Crippen LogP contribution in [0.5, 0.6) is 0 Å². The third-order valence-electron chi connectivity index (χ3n) is 19.6. The minimum atomic E-state index is -1.62. The van der Waals surface area contributed by atoms with E-state index in [1.807, 2.05) is 0 Å². The van der Waals surface area contributed by atoms with Crippen molar-refractivity contribution < 1.29 is 62.8 Å². The lowest BCUT2D eigenvalue weighted by atomic mass is 10.0. The van der Waals surface area contributed by atoms with Gasteiger partial charge in [-0.15, -0.1) is 0 Å². The molecule has 0 rings (SSSR count). The van der Waals surface area contributed by atoms with Gasteiger partial charge in [-0.3, -0.25) is 38.4 Å². The number of thioether (sulfide) groups is 1. The third-order valence-corrected chi connectivity index (χ3v) is 20.7. The van der Waals surface area contributed by atoms with Gasteiger partial charge in [-0.1, -0.05) is 252 Å². The largest absolute Gasteiger partial charge is 0.480 e. The van der Waals surface area contributed by atoms with Crippen LogP contribution < -0.4 is 54.8 Å². The van der Waals surface area contributed by atoms with Crippen molar-refractivity contribution in [2.45, 2.75) is 410 Å². The molecule has 0 heterocycles. The first-order valence-corrected chi connectivity index (χ1v) is 43.6. The van der Waals surface area contributed by atoms with Crippen LogP contribution in [0, 0.1) is 0 Å². The highest BCUT2D eigenvalue weighted by molar-refractivity contribution is 7.99. The van der Waals surface area contributed by atoms with E-state index in [1.165, 1.54) is 179 Å². The number of carboxylic acids is 1. The molecule has 0 spiro atoms. The Balaban J connectivity index is 6.62. The molecule has 0 aromatic carbocycles. The van der Waals surface area contributed by atoms with Gasteiger partial charge in [0.05, 0.1) is 6.61 Å². The maximum Gasteiger partial charge on any atom is 0.326 e. The molecule has 0 aromatic rings. The molecule has 0 aliphatic carbocycles. The van der Waals surface area contributed by atoms with E-state index in [9.17, 15) is 53.4 Å². The Labute approximate surface area is 640 Å². The van der Waals surface area contributed by atoms with Gasteiger partial charge in [0.2, 0.25) is 35.4 Å². The van der Waals surface area contributed by atoms with Crippen LogP contribution in [0.2, 0.25) is 0 Å². The number of hydrogen-bond donors (Lipinski definition) is 12. The molecule has 23 nitrogen and oxygen atoms in total. The maximum atomic E-state index is 14.5. The Morgan fingerprint density at radius 3 is 0.914 bits per heavy atom. The average Bonchev–Trinajstić information content (AvgIpc) is 0.864. The Kier molecular flexibility index (Phi) is 70.3. The van der Waals surface area contributed by atoms with E-state index in [0.29, 0.717) is 83.7 Å². The first-order chi connectivity index (χ1) is 51.0. The summed E-state index contributed by atoms with van der Waals surface area (Å²) in [6, 6.07) is -7.86. The van der Waals surface area contributed by atoms with Crippen molar-refractivity contribution in [3.63, 3.8) is 0 Å². The van der Waals surface area contributed by atoms with Gasteiger partial charge in [0, 0.05) is 30.8 Å². The summed E-state index contributed by atoms with van der Waals surface area (Å²) in [5, 5.41) is 36.9. The van der Waals surface area contributed by atoms with Gasteiger partial charge in [-0.25, -0.2) is 4.79 Å². The summed E-state index contributed by atoms with van der Waals surface area (Å²) in [5.41, 5.74) is 23.1. The molecule has 0 bridgehead atoms. The number of amides is 6. The highest BCUT2D eigenvalue weighted by Gasteiger charge is 2.34. The molecule has 0 fully saturated rings. The number of carbonyl (C=O) groups excluding carboxylic acids is 8. The predicted octanol–water partition coefficient (Wildman–Crippen LogP) is 13.1. The second-order valence-corrected chi connectivity index (χ2v) is 30.5. The average molecular weight is 1510 g/mol. The second kappa shape index (κ2) is 73.5.